The van der Waals surface area contributed by atoms with Crippen LogP contribution in [0.4, 0.5) is 0 Å². The maximum absolute atomic E-state index is 11.1. The lowest BCUT2D eigenvalue weighted by Crippen LogP contribution is -2.35. The predicted octanol–water partition coefficient (Wildman–Crippen LogP) is 3.15. The summed E-state index contributed by atoms with van der Waals surface area (Å²) in [7, 11) is -4.22. The normalized spacial score (nSPS) is 36.5. The molecule has 2 aliphatic carbocycles. The van der Waals surface area contributed by atoms with Gasteiger partial charge >= 0.3 is 0 Å². The van der Waals surface area contributed by atoms with Gasteiger partial charge in [0.25, 0.3) is 10.1 Å². The van der Waals surface area contributed by atoms with Gasteiger partial charge in [-0.05, 0) is 49.4 Å². The predicted molar refractivity (Wildman–Crippen MR) is 73.0 cm³/mol. The monoisotopic (exact) mass is 285 g/mol. The summed E-state index contributed by atoms with van der Waals surface area (Å²) in [6, 6.07) is 1.71. The standard InChI is InChI=1S/C14H23NO3S/c1-14(6-5-13(10-15)19(16,17)18)8-11-3-2-4-12(7-11)9-14/h11-13H,2-9H2,1H3,(H,16,17,18). The fourth-order valence-corrected chi connectivity index (χ4v) is 4.76. The van der Waals surface area contributed by atoms with E-state index in [1.807, 2.05) is 0 Å². The van der Waals surface area contributed by atoms with E-state index in [4.69, 9.17) is 9.81 Å². The van der Waals surface area contributed by atoms with Crippen LogP contribution in [-0.2, 0) is 10.1 Å². The molecule has 0 aromatic rings. The molecule has 19 heavy (non-hydrogen) atoms. The molecule has 3 atom stereocenters. The van der Waals surface area contributed by atoms with Gasteiger partial charge in [-0.3, -0.25) is 4.55 Å². The van der Waals surface area contributed by atoms with E-state index in [1.54, 1.807) is 6.07 Å². The Morgan fingerprint density at radius 1 is 1.37 bits per heavy atom. The lowest BCUT2D eigenvalue weighted by molar-refractivity contribution is 0.0608. The molecule has 1 N–H and O–H groups in total. The molecular weight excluding hydrogens is 262 g/mol. The Hall–Kier alpha value is -0.600. The summed E-state index contributed by atoms with van der Waals surface area (Å²) >= 11 is 0. The van der Waals surface area contributed by atoms with Crippen molar-refractivity contribution in [3.63, 3.8) is 0 Å². The molecule has 2 fully saturated rings. The van der Waals surface area contributed by atoms with E-state index in [2.05, 4.69) is 6.92 Å². The molecule has 0 aromatic carbocycles. The molecule has 2 bridgehead atoms. The van der Waals surface area contributed by atoms with E-state index in [-0.39, 0.29) is 11.8 Å². The highest BCUT2D eigenvalue weighted by molar-refractivity contribution is 7.86. The molecule has 0 spiro atoms. The number of hydrogen-bond donors (Lipinski definition) is 1. The fourth-order valence-electron chi connectivity index (χ4n) is 4.21. The Bertz CT molecular complexity index is 454. The van der Waals surface area contributed by atoms with Gasteiger partial charge in [0.2, 0.25) is 0 Å². The number of fused-ring (bicyclic) bond motifs is 2. The van der Waals surface area contributed by atoms with Crippen molar-refractivity contribution in [2.45, 2.75) is 63.5 Å². The van der Waals surface area contributed by atoms with Gasteiger partial charge in [-0.15, -0.1) is 0 Å². The Kier molecular flexibility index (Phi) is 4.22. The molecule has 0 amide bonds. The quantitative estimate of drug-likeness (QED) is 0.805. The number of nitriles is 1. The van der Waals surface area contributed by atoms with Crippen LogP contribution >= 0.6 is 0 Å². The molecule has 2 saturated carbocycles. The zero-order chi connectivity index (χ0) is 14.1. The van der Waals surface area contributed by atoms with Crippen LogP contribution in [0.15, 0.2) is 0 Å². The maximum Gasteiger partial charge on any atom is 0.281 e. The van der Waals surface area contributed by atoms with Crippen molar-refractivity contribution in [3.8, 4) is 6.07 Å². The minimum atomic E-state index is -4.22. The lowest BCUT2D eigenvalue weighted by Gasteiger charge is -2.45. The van der Waals surface area contributed by atoms with Gasteiger partial charge < -0.3 is 0 Å². The van der Waals surface area contributed by atoms with E-state index in [0.29, 0.717) is 0 Å². The van der Waals surface area contributed by atoms with Crippen molar-refractivity contribution in [1.82, 2.24) is 0 Å². The number of nitrogens with zero attached hydrogens (tertiary/aromatic N) is 1. The van der Waals surface area contributed by atoms with Gasteiger partial charge in [0, 0.05) is 0 Å². The average molecular weight is 285 g/mol. The zero-order valence-electron chi connectivity index (χ0n) is 11.5. The number of rotatable bonds is 4. The molecule has 0 heterocycles. The van der Waals surface area contributed by atoms with Gasteiger partial charge in [0.05, 0.1) is 6.07 Å². The molecular formula is C14H23NO3S. The van der Waals surface area contributed by atoms with E-state index >= 15 is 0 Å². The first-order valence-corrected chi connectivity index (χ1v) is 8.69. The smallest absolute Gasteiger partial charge is 0.281 e. The second-order valence-electron chi connectivity index (χ2n) is 6.79. The van der Waals surface area contributed by atoms with Gasteiger partial charge in [-0.2, -0.15) is 13.7 Å². The Balaban J connectivity index is 1.97. The third-order valence-electron chi connectivity index (χ3n) is 4.97. The highest BCUT2D eigenvalue weighted by atomic mass is 32.2. The van der Waals surface area contributed by atoms with E-state index in [1.165, 1.54) is 25.7 Å². The zero-order valence-corrected chi connectivity index (χ0v) is 12.3. The topological polar surface area (TPSA) is 78.2 Å². The van der Waals surface area contributed by atoms with E-state index in [0.717, 1.165) is 31.1 Å². The Morgan fingerprint density at radius 3 is 2.42 bits per heavy atom. The molecule has 0 aromatic heterocycles. The molecule has 4 nitrogen and oxygen atoms in total. The van der Waals surface area contributed by atoms with E-state index < -0.39 is 15.4 Å². The Labute approximate surface area is 115 Å². The fraction of sp³-hybridized carbons (Fsp3) is 0.929. The highest BCUT2D eigenvalue weighted by Gasteiger charge is 2.39. The van der Waals surface area contributed by atoms with Crippen LogP contribution in [0.2, 0.25) is 0 Å². The number of hydrogen-bond acceptors (Lipinski definition) is 3. The van der Waals surface area contributed by atoms with Crippen LogP contribution in [-0.4, -0.2) is 18.2 Å². The summed E-state index contributed by atoms with van der Waals surface area (Å²) < 4.78 is 31.1. The second-order valence-corrected chi connectivity index (χ2v) is 8.39. The third kappa shape index (κ3) is 3.70. The van der Waals surface area contributed by atoms with Crippen LogP contribution in [0.25, 0.3) is 0 Å². The third-order valence-corrected chi connectivity index (χ3v) is 6.03. The first-order chi connectivity index (χ1) is 8.82. The van der Waals surface area contributed by atoms with Crippen molar-refractivity contribution in [2.75, 3.05) is 0 Å². The highest BCUT2D eigenvalue weighted by Crippen LogP contribution is 2.50. The van der Waals surface area contributed by atoms with Crippen molar-refractivity contribution >= 4 is 10.1 Å². The molecule has 0 saturated heterocycles. The molecule has 5 heteroatoms. The van der Waals surface area contributed by atoms with Gasteiger partial charge in [0.1, 0.15) is 0 Å². The van der Waals surface area contributed by atoms with Gasteiger partial charge in [-0.1, -0.05) is 26.2 Å². The van der Waals surface area contributed by atoms with Crippen molar-refractivity contribution in [3.05, 3.63) is 0 Å². The first-order valence-electron chi connectivity index (χ1n) is 7.18. The summed E-state index contributed by atoms with van der Waals surface area (Å²) in [6.07, 6.45) is 8.52. The average Bonchev–Trinajstić information content (AvgIpc) is 2.26. The van der Waals surface area contributed by atoms with Crippen molar-refractivity contribution < 1.29 is 13.0 Å². The molecule has 2 aliphatic rings. The van der Waals surface area contributed by atoms with Crippen molar-refractivity contribution in [2.24, 2.45) is 17.3 Å². The lowest BCUT2D eigenvalue weighted by atomic mass is 9.60. The van der Waals surface area contributed by atoms with Gasteiger partial charge in [-0.25, -0.2) is 0 Å². The van der Waals surface area contributed by atoms with Gasteiger partial charge in [0.15, 0.2) is 5.25 Å². The SMILES string of the molecule is CC1(CCC(C#N)S(=O)(=O)O)CC2CCCC(C2)C1. The molecule has 0 aliphatic heterocycles. The summed E-state index contributed by atoms with van der Waals surface area (Å²) in [6.45, 7) is 2.22. The minimum Gasteiger partial charge on any atom is -0.285 e. The summed E-state index contributed by atoms with van der Waals surface area (Å²) in [4.78, 5) is 0. The first kappa shape index (κ1) is 14.8. The minimum absolute atomic E-state index is 0.147. The van der Waals surface area contributed by atoms with Crippen LogP contribution < -0.4 is 0 Å². The van der Waals surface area contributed by atoms with E-state index in [9.17, 15) is 8.42 Å². The van der Waals surface area contributed by atoms with Crippen LogP contribution in [0.3, 0.4) is 0 Å². The van der Waals surface area contributed by atoms with Crippen LogP contribution in [0, 0.1) is 28.6 Å². The van der Waals surface area contributed by atoms with Crippen LogP contribution in [0.1, 0.15) is 58.3 Å². The summed E-state index contributed by atoms with van der Waals surface area (Å²) in [5, 5.41) is 7.59. The molecule has 108 valence electrons. The van der Waals surface area contributed by atoms with Crippen LogP contribution in [0.5, 0.6) is 0 Å². The second kappa shape index (κ2) is 5.41. The molecule has 0 radical (unpaired) electrons. The molecule has 2 rings (SSSR count). The summed E-state index contributed by atoms with van der Waals surface area (Å²) in [5.41, 5.74) is 0.147. The summed E-state index contributed by atoms with van der Waals surface area (Å²) in [5.74, 6) is 1.56. The molecule has 3 unspecified atom stereocenters. The van der Waals surface area contributed by atoms with Crippen molar-refractivity contribution in [1.29, 1.82) is 5.26 Å². The maximum atomic E-state index is 11.1. The Morgan fingerprint density at radius 2 is 1.95 bits per heavy atom. The largest absolute Gasteiger partial charge is 0.285 e.